The Labute approximate surface area is 110 Å². The zero-order valence-electron chi connectivity index (χ0n) is 12.3. The molecule has 0 radical (unpaired) electrons. The summed E-state index contributed by atoms with van der Waals surface area (Å²) in [7, 11) is 1.59. The van der Waals surface area contributed by atoms with Gasteiger partial charge in [-0.1, -0.05) is 52.0 Å². The molecule has 1 rings (SSSR count). The number of carbonyl (C=O) groups excluding carboxylic acids is 1. The third kappa shape index (κ3) is 2.99. The summed E-state index contributed by atoms with van der Waals surface area (Å²) in [5.41, 5.74) is 1.34. The lowest BCUT2D eigenvalue weighted by molar-refractivity contribution is 0.0106. The van der Waals surface area contributed by atoms with Crippen LogP contribution in [0.4, 0.5) is 0 Å². The first-order valence-corrected chi connectivity index (χ1v) is 6.45. The van der Waals surface area contributed by atoms with E-state index in [1.165, 1.54) is 5.56 Å². The summed E-state index contributed by atoms with van der Waals surface area (Å²) in [4.78, 5) is 12.4. The summed E-state index contributed by atoms with van der Waals surface area (Å²) >= 11 is 0. The molecule has 0 aliphatic heterocycles. The Balaban J connectivity index is 3.03. The SMILES string of the molecule is CCC(C)(OC)C(=O)c1ccc(C(C)(C)C)cc1. The molecule has 1 aromatic rings. The highest BCUT2D eigenvalue weighted by Gasteiger charge is 2.31. The van der Waals surface area contributed by atoms with Crippen LogP contribution in [0.3, 0.4) is 0 Å². The third-order valence-corrected chi connectivity index (χ3v) is 3.62. The van der Waals surface area contributed by atoms with E-state index in [0.717, 1.165) is 0 Å². The van der Waals surface area contributed by atoms with Crippen LogP contribution in [0.15, 0.2) is 24.3 Å². The van der Waals surface area contributed by atoms with Gasteiger partial charge in [0.25, 0.3) is 0 Å². The van der Waals surface area contributed by atoms with Crippen molar-refractivity contribution in [3.8, 4) is 0 Å². The molecule has 1 atom stereocenters. The first kappa shape index (κ1) is 14.9. The van der Waals surface area contributed by atoms with Crippen LogP contribution in [0.25, 0.3) is 0 Å². The molecule has 100 valence electrons. The average Bonchev–Trinajstić information content (AvgIpc) is 2.36. The van der Waals surface area contributed by atoms with Gasteiger partial charge in [0.1, 0.15) is 5.60 Å². The number of Topliss-reactive ketones (excluding diaryl/α,β-unsaturated/α-hetero) is 1. The highest BCUT2D eigenvalue weighted by molar-refractivity contribution is 6.02. The Hall–Kier alpha value is -1.15. The van der Waals surface area contributed by atoms with Crippen molar-refractivity contribution in [2.45, 2.75) is 52.1 Å². The maximum absolute atomic E-state index is 12.4. The molecule has 0 N–H and O–H groups in total. The summed E-state index contributed by atoms with van der Waals surface area (Å²) in [5, 5.41) is 0. The first-order chi connectivity index (χ1) is 8.24. The minimum Gasteiger partial charge on any atom is -0.370 e. The van der Waals surface area contributed by atoms with E-state index in [0.29, 0.717) is 12.0 Å². The fourth-order valence-electron chi connectivity index (χ4n) is 1.82. The predicted molar refractivity (Wildman–Crippen MR) is 75.2 cm³/mol. The summed E-state index contributed by atoms with van der Waals surface area (Å²) in [6.45, 7) is 10.3. The van der Waals surface area contributed by atoms with Crippen molar-refractivity contribution in [2.24, 2.45) is 0 Å². The van der Waals surface area contributed by atoms with Gasteiger partial charge in [0.2, 0.25) is 0 Å². The quantitative estimate of drug-likeness (QED) is 0.753. The van der Waals surface area contributed by atoms with Crippen molar-refractivity contribution in [3.05, 3.63) is 35.4 Å². The lowest BCUT2D eigenvalue weighted by Gasteiger charge is -2.25. The molecule has 2 heteroatoms. The summed E-state index contributed by atoms with van der Waals surface area (Å²) in [6, 6.07) is 7.85. The molecular formula is C16H24O2. The average molecular weight is 248 g/mol. The van der Waals surface area contributed by atoms with Crippen molar-refractivity contribution in [3.63, 3.8) is 0 Å². The molecule has 0 saturated carbocycles. The molecule has 1 aromatic carbocycles. The number of hydrogen-bond donors (Lipinski definition) is 0. The highest BCUT2D eigenvalue weighted by atomic mass is 16.5. The molecule has 0 amide bonds. The second-order valence-electron chi connectivity index (χ2n) is 5.95. The van der Waals surface area contributed by atoms with Gasteiger partial charge in [-0.3, -0.25) is 4.79 Å². The molecular weight excluding hydrogens is 224 g/mol. The summed E-state index contributed by atoms with van der Waals surface area (Å²) in [5.74, 6) is 0.0490. The van der Waals surface area contributed by atoms with Gasteiger partial charge in [0.15, 0.2) is 5.78 Å². The zero-order valence-corrected chi connectivity index (χ0v) is 12.3. The molecule has 0 fully saturated rings. The standard InChI is InChI=1S/C16H24O2/c1-7-16(5,18-6)14(17)12-8-10-13(11-9-12)15(2,3)4/h8-11H,7H2,1-6H3. The van der Waals surface area contributed by atoms with Gasteiger partial charge in [-0.05, 0) is 24.3 Å². The van der Waals surface area contributed by atoms with Gasteiger partial charge < -0.3 is 4.74 Å². The predicted octanol–water partition coefficient (Wildman–Crippen LogP) is 3.98. The van der Waals surface area contributed by atoms with Crippen LogP contribution >= 0.6 is 0 Å². The van der Waals surface area contributed by atoms with Crippen LogP contribution in [0.5, 0.6) is 0 Å². The topological polar surface area (TPSA) is 26.3 Å². The molecule has 0 spiro atoms. The van der Waals surface area contributed by atoms with E-state index in [1.54, 1.807) is 7.11 Å². The van der Waals surface area contributed by atoms with Crippen molar-refractivity contribution < 1.29 is 9.53 Å². The Bertz CT molecular complexity index is 406. The second-order valence-corrected chi connectivity index (χ2v) is 5.95. The van der Waals surface area contributed by atoms with Gasteiger partial charge in [0, 0.05) is 12.7 Å². The van der Waals surface area contributed by atoms with E-state index in [1.807, 2.05) is 38.1 Å². The van der Waals surface area contributed by atoms with Crippen LogP contribution in [0.1, 0.15) is 57.0 Å². The van der Waals surface area contributed by atoms with E-state index in [2.05, 4.69) is 20.8 Å². The maximum atomic E-state index is 12.4. The Morgan fingerprint density at radius 3 is 1.94 bits per heavy atom. The van der Waals surface area contributed by atoms with Crippen LogP contribution in [0, 0.1) is 0 Å². The molecule has 1 unspecified atom stereocenters. The monoisotopic (exact) mass is 248 g/mol. The van der Waals surface area contributed by atoms with Crippen molar-refractivity contribution in [2.75, 3.05) is 7.11 Å². The highest BCUT2D eigenvalue weighted by Crippen LogP contribution is 2.25. The summed E-state index contributed by atoms with van der Waals surface area (Å²) < 4.78 is 5.35. The van der Waals surface area contributed by atoms with E-state index in [4.69, 9.17) is 4.74 Å². The van der Waals surface area contributed by atoms with Crippen LogP contribution < -0.4 is 0 Å². The largest absolute Gasteiger partial charge is 0.370 e. The number of carbonyl (C=O) groups is 1. The van der Waals surface area contributed by atoms with Crippen LogP contribution in [-0.4, -0.2) is 18.5 Å². The zero-order chi connectivity index (χ0) is 14.0. The number of rotatable bonds is 4. The maximum Gasteiger partial charge on any atom is 0.194 e. The van der Waals surface area contributed by atoms with Gasteiger partial charge >= 0.3 is 0 Å². The molecule has 0 bridgehead atoms. The van der Waals surface area contributed by atoms with Crippen molar-refractivity contribution >= 4 is 5.78 Å². The van der Waals surface area contributed by atoms with Crippen molar-refractivity contribution in [1.82, 2.24) is 0 Å². The molecule has 0 aliphatic rings. The molecule has 0 saturated heterocycles. The van der Waals surface area contributed by atoms with Crippen LogP contribution in [0.2, 0.25) is 0 Å². The van der Waals surface area contributed by atoms with E-state index in [9.17, 15) is 4.79 Å². The molecule has 2 nitrogen and oxygen atoms in total. The van der Waals surface area contributed by atoms with Gasteiger partial charge in [-0.25, -0.2) is 0 Å². The Morgan fingerprint density at radius 2 is 1.61 bits per heavy atom. The van der Waals surface area contributed by atoms with E-state index < -0.39 is 5.60 Å². The normalized spacial score (nSPS) is 15.2. The molecule has 0 aromatic heterocycles. The minimum atomic E-state index is -0.719. The fourth-order valence-corrected chi connectivity index (χ4v) is 1.82. The fraction of sp³-hybridized carbons (Fsp3) is 0.562. The number of ether oxygens (including phenoxy) is 1. The lowest BCUT2D eigenvalue weighted by atomic mass is 9.85. The first-order valence-electron chi connectivity index (χ1n) is 6.45. The van der Waals surface area contributed by atoms with E-state index >= 15 is 0 Å². The number of benzene rings is 1. The van der Waals surface area contributed by atoms with Gasteiger partial charge in [-0.2, -0.15) is 0 Å². The van der Waals surface area contributed by atoms with E-state index in [-0.39, 0.29) is 11.2 Å². The lowest BCUT2D eigenvalue weighted by Crippen LogP contribution is -2.36. The summed E-state index contributed by atoms with van der Waals surface area (Å²) in [6.07, 6.45) is 0.670. The number of hydrogen-bond acceptors (Lipinski definition) is 2. The van der Waals surface area contributed by atoms with Gasteiger partial charge in [0.05, 0.1) is 0 Å². The number of ketones is 1. The minimum absolute atomic E-state index is 0.0490. The number of methoxy groups -OCH3 is 1. The Morgan fingerprint density at radius 1 is 1.11 bits per heavy atom. The second kappa shape index (κ2) is 5.23. The smallest absolute Gasteiger partial charge is 0.194 e. The Kier molecular flexibility index (Phi) is 4.33. The molecule has 0 aliphatic carbocycles. The third-order valence-electron chi connectivity index (χ3n) is 3.62. The molecule has 18 heavy (non-hydrogen) atoms. The van der Waals surface area contributed by atoms with Crippen molar-refractivity contribution in [1.29, 1.82) is 0 Å². The molecule has 0 heterocycles. The van der Waals surface area contributed by atoms with Crippen LogP contribution in [-0.2, 0) is 10.2 Å². The van der Waals surface area contributed by atoms with Gasteiger partial charge in [-0.15, -0.1) is 0 Å².